The maximum absolute atomic E-state index is 11.4. The Morgan fingerprint density at radius 2 is 1.93 bits per heavy atom. The number of esters is 1. The summed E-state index contributed by atoms with van der Waals surface area (Å²) in [6.45, 7) is 0. The van der Waals surface area contributed by atoms with Crippen LogP contribution in [0.3, 0.4) is 0 Å². The predicted molar refractivity (Wildman–Crippen MR) is 51.8 cm³/mol. The van der Waals surface area contributed by atoms with Gasteiger partial charge in [0, 0.05) is 5.56 Å². The fraction of sp³-hybridized carbons (Fsp3) is 0.100. The molecular formula is C10H8N2O3. The zero-order chi connectivity index (χ0) is 11.3. The van der Waals surface area contributed by atoms with E-state index in [-0.39, 0.29) is 11.1 Å². The van der Waals surface area contributed by atoms with E-state index in [1.54, 1.807) is 12.1 Å². The van der Waals surface area contributed by atoms with Crippen LogP contribution in [0, 0.1) is 0 Å². The number of Topliss-reactive ketones (excluding diaryl/α,β-unsaturated/α-hetero) is 1. The largest absolute Gasteiger partial charge is 0.465 e. The zero-order valence-electron chi connectivity index (χ0n) is 8.01. The molecule has 0 bridgehead atoms. The summed E-state index contributed by atoms with van der Waals surface area (Å²) in [6, 6.07) is 6.13. The van der Waals surface area contributed by atoms with E-state index < -0.39 is 11.8 Å². The van der Waals surface area contributed by atoms with Crippen LogP contribution in [0.1, 0.15) is 20.7 Å². The van der Waals surface area contributed by atoms with Crippen LogP contribution in [-0.2, 0) is 4.74 Å². The number of carbonyl (C=O) groups excluding carboxylic acids is 2. The molecular weight excluding hydrogens is 196 g/mol. The molecule has 1 rings (SSSR count). The minimum Gasteiger partial charge on any atom is -0.465 e. The van der Waals surface area contributed by atoms with E-state index in [1.807, 2.05) is 0 Å². The lowest BCUT2D eigenvalue weighted by Gasteiger charge is -2.02. The average Bonchev–Trinajstić information content (AvgIpc) is 2.28. The van der Waals surface area contributed by atoms with Crippen molar-refractivity contribution in [2.75, 3.05) is 7.11 Å². The van der Waals surface area contributed by atoms with E-state index in [0.717, 1.165) is 6.21 Å². The first-order valence-corrected chi connectivity index (χ1v) is 4.09. The van der Waals surface area contributed by atoms with Crippen LogP contribution >= 0.6 is 0 Å². The van der Waals surface area contributed by atoms with Crippen molar-refractivity contribution < 1.29 is 19.1 Å². The van der Waals surface area contributed by atoms with Gasteiger partial charge in [0.15, 0.2) is 0 Å². The molecule has 0 spiro atoms. The highest BCUT2D eigenvalue weighted by atomic mass is 16.5. The Kier molecular flexibility index (Phi) is 3.49. The molecule has 76 valence electrons. The van der Waals surface area contributed by atoms with Crippen LogP contribution in [0.2, 0.25) is 0 Å². The molecule has 0 saturated heterocycles. The lowest BCUT2D eigenvalue weighted by molar-refractivity contribution is 0.00234. The van der Waals surface area contributed by atoms with Gasteiger partial charge in [0.1, 0.15) is 0 Å². The molecule has 1 aromatic rings. The number of rotatable bonds is 3. The van der Waals surface area contributed by atoms with Crippen molar-refractivity contribution in [2.24, 2.45) is 0 Å². The third kappa shape index (κ3) is 2.36. The first-order valence-electron chi connectivity index (χ1n) is 4.09. The van der Waals surface area contributed by atoms with Gasteiger partial charge in [-0.3, -0.25) is 4.79 Å². The third-order valence-electron chi connectivity index (χ3n) is 1.77. The highest BCUT2D eigenvalue weighted by Crippen LogP contribution is 2.09. The van der Waals surface area contributed by atoms with Gasteiger partial charge >= 0.3 is 12.2 Å². The Balaban J connectivity index is 3.23. The zero-order valence-corrected chi connectivity index (χ0v) is 8.01. The van der Waals surface area contributed by atoms with E-state index in [2.05, 4.69) is 9.53 Å². The van der Waals surface area contributed by atoms with Gasteiger partial charge in [-0.2, -0.15) is 4.79 Å². The number of hydrogen-bond acceptors (Lipinski definition) is 3. The quantitative estimate of drug-likeness (QED) is 0.242. The Bertz CT molecular complexity index is 448. The molecule has 1 aromatic carbocycles. The van der Waals surface area contributed by atoms with Crippen molar-refractivity contribution in [3.63, 3.8) is 0 Å². The Morgan fingerprint density at radius 3 is 2.47 bits per heavy atom. The lowest BCUT2D eigenvalue weighted by atomic mass is 10.0. The fourth-order valence-corrected chi connectivity index (χ4v) is 1.11. The smallest absolute Gasteiger partial charge is 0.338 e. The molecule has 0 radical (unpaired) electrons. The van der Waals surface area contributed by atoms with Crippen molar-refractivity contribution in [1.29, 1.82) is 0 Å². The molecule has 0 fully saturated rings. The molecule has 0 N–H and O–H groups in total. The number of methoxy groups -OCH3 is 1. The molecule has 5 nitrogen and oxygen atoms in total. The lowest BCUT2D eigenvalue weighted by Crippen LogP contribution is -2.11. The minimum atomic E-state index is -0.606. The molecule has 5 heteroatoms. The van der Waals surface area contributed by atoms with Crippen molar-refractivity contribution in [1.82, 2.24) is 0 Å². The van der Waals surface area contributed by atoms with Crippen LogP contribution in [-0.4, -0.2) is 29.9 Å². The van der Waals surface area contributed by atoms with Crippen molar-refractivity contribution >= 4 is 18.0 Å². The molecule has 0 aliphatic heterocycles. The molecule has 0 aliphatic rings. The number of hydrogen-bond donors (Lipinski definition) is 0. The van der Waals surface area contributed by atoms with E-state index in [1.165, 1.54) is 19.2 Å². The number of carbonyl (C=O) groups is 2. The minimum absolute atomic E-state index is 0.141. The van der Waals surface area contributed by atoms with Gasteiger partial charge in [-0.25, -0.2) is 4.79 Å². The summed E-state index contributed by atoms with van der Waals surface area (Å²) in [5.41, 5.74) is 8.50. The van der Waals surface area contributed by atoms with Crippen LogP contribution in [0.25, 0.3) is 5.53 Å². The average molecular weight is 204 g/mol. The monoisotopic (exact) mass is 204 g/mol. The molecule has 0 heterocycles. The molecule has 15 heavy (non-hydrogen) atoms. The number of nitrogens with zero attached hydrogens (tertiary/aromatic N) is 2. The summed E-state index contributed by atoms with van der Waals surface area (Å²) < 4.78 is 4.51. The molecule has 0 unspecified atom stereocenters. The van der Waals surface area contributed by atoms with Crippen molar-refractivity contribution in [2.45, 2.75) is 0 Å². The van der Waals surface area contributed by atoms with Crippen molar-refractivity contribution in [3.05, 3.63) is 40.9 Å². The second kappa shape index (κ2) is 4.83. The molecule has 0 aromatic heterocycles. The second-order valence-corrected chi connectivity index (χ2v) is 2.65. The van der Waals surface area contributed by atoms with Gasteiger partial charge in [-0.1, -0.05) is 12.1 Å². The summed E-state index contributed by atoms with van der Waals surface area (Å²) in [5, 5.41) is 0. The SMILES string of the molecule is COC(=O)c1ccccc1C(=O)C=[N+]=[N-]. The maximum Gasteiger partial charge on any atom is 0.338 e. The molecule has 0 atom stereocenters. The van der Waals surface area contributed by atoms with Crippen LogP contribution < -0.4 is 0 Å². The summed E-state index contributed by atoms with van der Waals surface area (Å²) in [4.78, 5) is 25.2. The second-order valence-electron chi connectivity index (χ2n) is 2.65. The summed E-state index contributed by atoms with van der Waals surface area (Å²) in [7, 11) is 1.23. The van der Waals surface area contributed by atoms with Gasteiger partial charge in [0.2, 0.25) is 0 Å². The third-order valence-corrected chi connectivity index (χ3v) is 1.77. The van der Waals surface area contributed by atoms with E-state index in [9.17, 15) is 9.59 Å². The Hall–Kier alpha value is -2.26. The number of benzene rings is 1. The molecule has 0 saturated carbocycles. The summed E-state index contributed by atoms with van der Waals surface area (Å²) in [5.74, 6) is -1.16. The standard InChI is InChI=1S/C10H8N2O3/c1-15-10(14)8-5-3-2-4-7(8)9(13)6-12-11/h2-6H,1H3. The number of ether oxygens (including phenoxy) is 1. The van der Waals surface area contributed by atoms with Gasteiger partial charge in [0.25, 0.3) is 5.78 Å². The Morgan fingerprint density at radius 1 is 1.33 bits per heavy atom. The van der Waals surface area contributed by atoms with Crippen LogP contribution in [0.15, 0.2) is 24.3 Å². The summed E-state index contributed by atoms with van der Waals surface area (Å²) >= 11 is 0. The molecule has 0 amide bonds. The van der Waals surface area contributed by atoms with Crippen LogP contribution in [0.5, 0.6) is 0 Å². The van der Waals surface area contributed by atoms with E-state index >= 15 is 0 Å². The Labute approximate surface area is 85.9 Å². The number of ketones is 1. The van der Waals surface area contributed by atoms with Gasteiger partial charge < -0.3 is 10.3 Å². The van der Waals surface area contributed by atoms with Crippen LogP contribution in [0.4, 0.5) is 0 Å². The fourth-order valence-electron chi connectivity index (χ4n) is 1.11. The summed E-state index contributed by atoms with van der Waals surface area (Å²) in [6.07, 6.45) is 0.724. The molecule has 0 aliphatic carbocycles. The normalized spacial score (nSPS) is 8.87. The first kappa shape index (κ1) is 10.8. The maximum atomic E-state index is 11.4. The van der Waals surface area contributed by atoms with E-state index in [4.69, 9.17) is 5.53 Å². The highest BCUT2D eigenvalue weighted by molar-refractivity contribution is 6.35. The van der Waals surface area contributed by atoms with Gasteiger partial charge in [-0.15, -0.1) is 0 Å². The van der Waals surface area contributed by atoms with Gasteiger partial charge in [0.05, 0.1) is 12.7 Å². The van der Waals surface area contributed by atoms with E-state index in [0.29, 0.717) is 0 Å². The van der Waals surface area contributed by atoms with Gasteiger partial charge in [-0.05, 0) is 12.1 Å². The predicted octanol–water partition coefficient (Wildman–Crippen LogP) is 0.956. The highest BCUT2D eigenvalue weighted by Gasteiger charge is 2.17. The first-order chi connectivity index (χ1) is 7.20. The topological polar surface area (TPSA) is 79.8 Å². The van der Waals surface area contributed by atoms with Crippen molar-refractivity contribution in [3.8, 4) is 0 Å².